The van der Waals surface area contributed by atoms with E-state index in [-0.39, 0.29) is 12.5 Å². The summed E-state index contributed by atoms with van der Waals surface area (Å²) in [5.41, 5.74) is 6.51. The minimum atomic E-state index is -0.278. The van der Waals surface area contributed by atoms with E-state index in [1.165, 1.54) is 0 Å². The van der Waals surface area contributed by atoms with E-state index in [0.29, 0.717) is 36.6 Å². The number of ether oxygens (including phenoxy) is 1. The third-order valence-corrected chi connectivity index (χ3v) is 2.21. The SMILES string of the molecule is CCOc1cccc(N)c1C(=O)NCCCO. The molecular formula is C12H18N2O3. The second kappa shape index (κ2) is 6.75. The highest BCUT2D eigenvalue weighted by Crippen LogP contribution is 2.24. The number of nitrogens with one attached hydrogen (secondary N) is 1. The molecule has 0 fully saturated rings. The van der Waals surface area contributed by atoms with Crippen LogP contribution in [0.4, 0.5) is 5.69 Å². The van der Waals surface area contributed by atoms with Gasteiger partial charge in [-0.25, -0.2) is 0 Å². The number of carbonyl (C=O) groups is 1. The molecule has 0 bridgehead atoms. The molecule has 0 aliphatic heterocycles. The van der Waals surface area contributed by atoms with Gasteiger partial charge in [-0.15, -0.1) is 0 Å². The summed E-state index contributed by atoms with van der Waals surface area (Å²) in [5, 5.41) is 11.3. The first kappa shape index (κ1) is 13.3. The van der Waals surface area contributed by atoms with Crippen LogP contribution >= 0.6 is 0 Å². The van der Waals surface area contributed by atoms with E-state index in [2.05, 4.69) is 5.32 Å². The summed E-state index contributed by atoms with van der Waals surface area (Å²) in [6.07, 6.45) is 0.516. The molecule has 1 amide bonds. The van der Waals surface area contributed by atoms with E-state index in [1.54, 1.807) is 18.2 Å². The van der Waals surface area contributed by atoms with E-state index < -0.39 is 0 Å². The minimum absolute atomic E-state index is 0.0445. The third kappa shape index (κ3) is 3.64. The summed E-state index contributed by atoms with van der Waals surface area (Å²) >= 11 is 0. The largest absolute Gasteiger partial charge is 0.493 e. The molecule has 0 saturated heterocycles. The number of benzene rings is 1. The van der Waals surface area contributed by atoms with Crippen molar-refractivity contribution in [3.05, 3.63) is 23.8 Å². The van der Waals surface area contributed by atoms with Crippen molar-refractivity contribution < 1.29 is 14.6 Å². The number of hydrogen-bond donors (Lipinski definition) is 3. The molecule has 0 aliphatic rings. The zero-order valence-corrected chi connectivity index (χ0v) is 9.90. The number of nitrogen functional groups attached to an aromatic ring is 1. The van der Waals surface area contributed by atoms with Crippen LogP contribution in [0.25, 0.3) is 0 Å². The van der Waals surface area contributed by atoms with Crippen molar-refractivity contribution in [2.24, 2.45) is 0 Å². The standard InChI is InChI=1S/C12H18N2O3/c1-2-17-10-6-3-5-9(13)11(10)12(16)14-7-4-8-15/h3,5-6,15H,2,4,7-8,13H2,1H3,(H,14,16). The van der Waals surface area contributed by atoms with Gasteiger partial charge in [-0.1, -0.05) is 6.07 Å². The second-order valence-electron chi connectivity index (χ2n) is 3.49. The topological polar surface area (TPSA) is 84.6 Å². The van der Waals surface area contributed by atoms with Crippen LogP contribution in [0.15, 0.2) is 18.2 Å². The van der Waals surface area contributed by atoms with Crippen LogP contribution < -0.4 is 15.8 Å². The van der Waals surface area contributed by atoms with Gasteiger partial charge >= 0.3 is 0 Å². The van der Waals surface area contributed by atoms with Gasteiger partial charge in [-0.3, -0.25) is 4.79 Å². The summed E-state index contributed by atoms with van der Waals surface area (Å²) < 4.78 is 5.36. The molecule has 94 valence electrons. The number of aliphatic hydroxyl groups is 1. The summed E-state index contributed by atoms with van der Waals surface area (Å²) in [6, 6.07) is 5.11. The first-order valence-corrected chi connectivity index (χ1v) is 5.61. The van der Waals surface area contributed by atoms with E-state index in [1.807, 2.05) is 6.92 Å². The van der Waals surface area contributed by atoms with Crippen LogP contribution in [0.2, 0.25) is 0 Å². The maximum absolute atomic E-state index is 11.9. The Bertz CT molecular complexity index is 380. The third-order valence-electron chi connectivity index (χ3n) is 2.21. The lowest BCUT2D eigenvalue weighted by molar-refractivity contribution is 0.0948. The fraction of sp³-hybridized carbons (Fsp3) is 0.417. The van der Waals surface area contributed by atoms with Crippen molar-refractivity contribution in [1.29, 1.82) is 0 Å². The number of aliphatic hydroxyl groups excluding tert-OH is 1. The van der Waals surface area contributed by atoms with Gasteiger partial charge < -0.3 is 20.9 Å². The molecule has 0 heterocycles. The van der Waals surface area contributed by atoms with Gasteiger partial charge in [0, 0.05) is 18.8 Å². The number of anilines is 1. The second-order valence-corrected chi connectivity index (χ2v) is 3.49. The Hall–Kier alpha value is -1.75. The highest BCUT2D eigenvalue weighted by Gasteiger charge is 2.15. The zero-order valence-electron chi connectivity index (χ0n) is 9.90. The predicted octanol–water partition coefficient (Wildman–Crippen LogP) is 0.780. The van der Waals surface area contributed by atoms with Gasteiger partial charge in [0.05, 0.1) is 6.61 Å². The van der Waals surface area contributed by atoms with Crippen molar-refractivity contribution in [2.45, 2.75) is 13.3 Å². The van der Waals surface area contributed by atoms with Crippen LogP contribution in [0.1, 0.15) is 23.7 Å². The monoisotopic (exact) mass is 238 g/mol. The van der Waals surface area contributed by atoms with Gasteiger partial charge in [-0.2, -0.15) is 0 Å². The van der Waals surface area contributed by atoms with Crippen LogP contribution in [-0.4, -0.2) is 30.8 Å². The van der Waals surface area contributed by atoms with Crippen molar-refractivity contribution in [3.63, 3.8) is 0 Å². The van der Waals surface area contributed by atoms with Gasteiger partial charge in [0.15, 0.2) is 0 Å². The van der Waals surface area contributed by atoms with Crippen LogP contribution in [0, 0.1) is 0 Å². The molecule has 0 atom stereocenters. The molecule has 4 N–H and O–H groups in total. The van der Waals surface area contributed by atoms with E-state index in [0.717, 1.165) is 0 Å². The molecule has 5 heteroatoms. The zero-order chi connectivity index (χ0) is 12.7. The highest BCUT2D eigenvalue weighted by molar-refractivity contribution is 6.01. The van der Waals surface area contributed by atoms with Crippen molar-refractivity contribution in [1.82, 2.24) is 5.32 Å². The Kier molecular flexibility index (Phi) is 5.29. The summed E-state index contributed by atoms with van der Waals surface area (Å²) in [7, 11) is 0. The lowest BCUT2D eigenvalue weighted by Crippen LogP contribution is -2.26. The van der Waals surface area contributed by atoms with Crippen molar-refractivity contribution >= 4 is 11.6 Å². The van der Waals surface area contributed by atoms with Gasteiger partial charge in [0.2, 0.25) is 0 Å². The highest BCUT2D eigenvalue weighted by atomic mass is 16.5. The Balaban J connectivity index is 2.83. The number of nitrogens with two attached hydrogens (primary N) is 1. The molecule has 0 saturated carbocycles. The van der Waals surface area contributed by atoms with Gasteiger partial charge in [-0.05, 0) is 25.5 Å². The Labute approximate surface area is 101 Å². The molecule has 0 aromatic heterocycles. The lowest BCUT2D eigenvalue weighted by atomic mass is 10.1. The molecule has 1 aromatic rings. The molecule has 17 heavy (non-hydrogen) atoms. The molecule has 1 aromatic carbocycles. The molecule has 0 aliphatic carbocycles. The van der Waals surface area contributed by atoms with Crippen LogP contribution in [0.3, 0.4) is 0 Å². The Morgan fingerprint density at radius 2 is 2.29 bits per heavy atom. The molecule has 0 unspecified atom stereocenters. The molecular weight excluding hydrogens is 220 g/mol. The van der Waals surface area contributed by atoms with Gasteiger partial charge in [0.1, 0.15) is 11.3 Å². The fourth-order valence-electron chi connectivity index (χ4n) is 1.44. The number of amides is 1. The molecule has 5 nitrogen and oxygen atoms in total. The number of carbonyl (C=O) groups excluding carboxylic acids is 1. The van der Waals surface area contributed by atoms with Crippen LogP contribution in [0.5, 0.6) is 5.75 Å². The quantitative estimate of drug-likeness (QED) is 0.505. The first-order chi connectivity index (χ1) is 8.20. The minimum Gasteiger partial charge on any atom is -0.493 e. The van der Waals surface area contributed by atoms with E-state index in [9.17, 15) is 4.79 Å². The average molecular weight is 238 g/mol. The number of rotatable bonds is 6. The Morgan fingerprint density at radius 3 is 2.94 bits per heavy atom. The smallest absolute Gasteiger partial charge is 0.257 e. The Morgan fingerprint density at radius 1 is 1.53 bits per heavy atom. The van der Waals surface area contributed by atoms with E-state index >= 15 is 0 Å². The van der Waals surface area contributed by atoms with Crippen LogP contribution in [-0.2, 0) is 0 Å². The lowest BCUT2D eigenvalue weighted by Gasteiger charge is -2.12. The molecule has 0 spiro atoms. The van der Waals surface area contributed by atoms with Crippen molar-refractivity contribution in [2.75, 3.05) is 25.5 Å². The maximum Gasteiger partial charge on any atom is 0.257 e. The van der Waals surface area contributed by atoms with Gasteiger partial charge in [0.25, 0.3) is 5.91 Å². The average Bonchev–Trinajstić information content (AvgIpc) is 2.30. The predicted molar refractivity (Wildman–Crippen MR) is 66.1 cm³/mol. The summed E-state index contributed by atoms with van der Waals surface area (Å²) in [4.78, 5) is 11.9. The molecule has 1 rings (SSSR count). The fourth-order valence-corrected chi connectivity index (χ4v) is 1.44. The maximum atomic E-state index is 11.9. The summed E-state index contributed by atoms with van der Waals surface area (Å²) in [6.45, 7) is 2.77. The van der Waals surface area contributed by atoms with E-state index in [4.69, 9.17) is 15.6 Å². The first-order valence-electron chi connectivity index (χ1n) is 5.61. The molecule has 0 radical (unpaired) electrons. The van der Waals surface area contributed by atoms with Crippen molar-refractivity contribution in [3.8, 4) is 5.75 Å². The summed E-state index contributed by atoms with van der Waals surface area (Å²) in [5.74, 6) is 0.203. The number of hydrogen-bond acceptors (Lipinski definition) is 4. The normalized spacial score (nSPS) is 10.0.